The highest BCUT2D eigenvalue weighted by Crippen LogP contribution is 2.24. The van der Waals surface area contributed by atoms with Crippen LogP contribution in [0.3, 0.4) is 0 Å². The molecule has 0 radical (unpaired) electrons. The van der Waals surface area contributed by atoms with Gasteiger partial charge in [0.05, 0.1) is 4.92 Å². The lowest BCUT2D eigenvalue weighted by Gasteiger charge is -2.10. The molecule has 0 aromatic heterocycles. The van der Waals surface area contributed by atoms with Crippen LogP contribution in [0, 0.1) is 17.0 Å². The third-order valence-corrected chi connectivity index (χ3v) is 4.18. The summed E-state index contributed by atoms with van der Waals surface area (Å²) < 4.78 is 0. The summed E-state index contributed by atoms with van der Waals surface area (Å²) in [6.45, 7) is 1.88. The average Bonchev–Trinajstić information content (AvgIpc) is 2.50. The number of hydrogen-bond acceptors (Lipinski definition) is 3. The van der Waals surface area contributed by atoms with Crippen LogP contribution >= 0.6 is 23.2 Å². The van der Waals surface area contributed by atoms with E-state index in [2.05, 4.69) is 5.32 Å². The van der Waals surface area contributed by atoms with Crippen molar-refractivity contribution in [1.29, 1.82) is 0 Å². The number of nitrogens with one attached hydrogen (secondary N) is 1. The number of nitro groups is 1. The fraction of sp³-hybridized carbons (Fsp3) is 0.188. The maximum atomic E-state index is 12.2. The first-order valence-corrected chi connectivity index (χ1v) is 7.62. The average molecular weight is 353 g/mol. The first-order valence-electron chi connectivity index (χ1n) is 6.87. The molecule has 120 valence electrons. The molecule has 2 aromatic carbocycles. The molecule has 0 unspecified atom stereocenters. The second kappa shape index (κ2) is 7.44. The normalized spacial score (nSPS) is 10.4. The van der Waals surface area contributed by atoms with Gasteiger partial charge in [0.1, 0.15) is 0 Å². The van der Waals surface area contributed by atoms with Gasteiger partial charge >= 0.3 is 0 Å². The van der Waals surface area contributed by atoms with Gasteiger partial charge in [0.2, 0.25) is 0 Å². The first kappa shape index (κ1) is 17.2. The summed E-state index contributed by atoms with van der Waals surface area (Å²) in [5.74, 6) is -0.366. The van der Waals surface area contributed by atoms with E-state index in [-0.39, 0.29) is 17.2 Å². The van der Waals surface area contributed by atoms with Crippen LogP contribution < -0.4 is 5.32 Å². The van der Waals surface area contributed by atoms with E-state index in [0.717, 1.165) is 5.56 Å². The Morgan fingerprint density at radius 1 is 1.17 bits per heavy atom. The molecule has 0 fully saturated rings. The Morgan fingerprint density at radius 2 is 1.78 bits per heavy atom. The van der Waals surface area contributed by atoms with E-state index in [9.17, 15) is 14.9 Å². The predicted molar refractivity (Wildman–Crippen MR) is 90.3 cm³/mol. The van der Waals surface area contributed by atoms with Crippen molar-refractivity contribution in [3.8, 4) is 0 Å². The van der Waals surface area contributed by atoms with Gasteiger partial charge in [-0.15, -0.1) is 0 Å². The van der Waals surface area contributed by atoms with E-state index in [4.69, 9.17) is 23.2 Å². The van der Waals surface area contributed by atoms with Gasteiger partial charge in [-0.1, -0.05) is 35.3 Å². The third-order valence-electron chi connectivity index (χ3n) is 3.47. The second-order valence-corrected chi connectivity index (χ2v) is 5.73. The van der Waals surface area contributed by atoms with Crippen molar-refractivity contribution in [2.75, 3.05) is 6.54 Å². The number of carbonyl (C=O) groups is 1. The monoisotopic (exact) mass is 352 g/mol. The van der Waals surface area contributed by atoms with Crippen LogP contribution in [0.4, 0.5) is 5.69 Å². The molecule has 23 heavy (non-hydrogen) atoms. The Balaban J connectivity index is 2.06. The topological polar surface area (TPSA) is 72.2 Å². The van der Waals surface area contributed by atoms with E-state index in [1.54, 1.807) is 31.2 Å². The summed E-state index contributed by atoms with van der Waals surface area (Å²) in [7, 11) is 0. The lowest BCUT2D eigenvalue weighted by Crippen LogP contribution is -2.26. The SMILES string of the molecule is Cc1c(C(=O)NCCc2c(Cl)cccc2Cl)cccc1[N+](=O)[O-]. The molecule has 1 N–H and O–H groups in total. The molecule has 0 aliphatic carbocycles. The van der Waals surface area contributed by atoms with Gasteiger partial charge in [-0.2, -0.15) is 0 Å². The smallest absolute Gasteiger partial charge is 0.273 e. The van der Waals surface area contributed by atoms with Crippen molar-refractivity contribution in [2.24, 2.45) is 0 Å². The van der Waals surface area contributed by atoms with Crippen molar-refractivity contribution >= 4 is 34.8 Å². The lowest BCUT2D eigenvalue weighted by atomic mass is 10.1. The predicted octanol–water partition coefficient (Wildman–Crippen LogP) is 4.18. The molecule has 1 amide bonds. The summed E-state index contributed by atoms with van der Waals surface area (Å²) in [6.07, 6.45) is 0.470. The van der Waals surface area contributed by atoms with Gasteiger partial charge in [0.25, 0.3) is 11.6 Å². The van der Waals surface area contributed by atoms with Gasteiger partial charge in [-0.3, -0.25) is 14.9 Å². The minimum Gasteiger partial charge on any atom is -0.352 e. The number of hydrogen-bond donors (Lipinski definition) is 1. The fourth-order valence-electron chi connectivity index (χ4n) is 2.23. The Bertz CT molecular complexity index is 743. The summed E-state index contributed by atoms with van der Waals surface area (Å²) in [5, 5.41) is 14.7. The highest BCUT2D eigenvalue weighted by Gasteiger charge is 2.17. The summed E-state index contributed by atoms with van der Waals surface area (Å²) in [5.41, 5.74) is 1.30. The molecule has 0 aliphatic heterocycles. The quantitative estimate of drug-likeness (QED) is 0.647. The van der Waals surface area contributed by atoms with Crippen LogP contribution in [-0.2, 0) is 6.42 Å². The number of nitro benzene ring substituents is 1. The molecule has 0 bridgehead atoms. The molecule has 0 aliphatic rings. The van der Waals surface area contributed by atoms with Crippen molar-refractivity contribution in [2.45, 2.75) is 13.3 Å². The Kier molecular flexibility index (Phi) is 5.58. The number of rotatable bonds is 5. The highest BCUT2D eigenvalue weighted by atomic mass is 35.5. The van der Waals surface area contributed by atoms with Crippen LogP contribution in [0.5, 0.6) is 0 Å². The number of halogens is 2. The van der Waals surface area contributed by atoms with Crippen LogP contribution in [0.15, 0.2) is 36.4 Å². The van der Waals surface area contributed by atoms with E-state index in [1.807, 2.05) is 0 Å². The van der Waals surface area contributed by atoms with Gasteiger partial charge in [-0.25, -0.2) is 0 Å². The van der Waals surface area contributed by atoms with Crippen LogP contribution in [0.1, 0.15) is 21.5 Å². The Labute approximate surface area is 143 Å². The van der Waals surface area contributed by atoms with Gasteiger partial charge < -0.3 is 5.32 Å². The standard InChI is InChI=1S/C16H14Cl2N2O3/c1-10-11(4-2-7-15(10)20(22)23)16(21)19-9-8-12-13(17)5-3-6-14(12)18/h2-7H,8-9H2,1H3,(H,19,21). The molecular weight excluding hydrogens is 339 g/mol. The minimum absolute atomic E-state index is 0.0770. The van der Waals surface area contributed by atoms with Gasteiger partial charge in [-0.05, 0) is 37.1 Å². The molecule has 0 atom stereocenters. The van der Waals surface area contributed by atoms with Crippen molar-refractivity contribution in [3.05, 3.63) is 73.2 Å². The van der Waals surface area contributed by atoms with E-state index in [1.165, 1.54) is 12.1 Å². The highest BCUT2D eigenvalue weighted by molar-refractivity contribution is 6.36. The lowest BCUT2D eigenvalue weighted by molar-refractivity contribution is -0.385. The Hall–Kier alpha value is -2.11. The summed E-state index contributed by atoms with van der Waals surface area (Å²) in [4.78, 5) is 22.6. The number of amides is 1. The zero-order chi connectivity index (χ0) is 17.0. The molecule has 0 heterocycles. The van der Waals surface area contributed by atoms with Crippen LogP contribution in [-0.4, -0.2) is 17.4 Å². The van der Waals surface area contributed by atoms with Crippen LogP contribution in [0.25, 0.3) is 0 Å². The summed E-state index contributed by atoms with van der Waals surface area (Å²) in [6, 6.07) is 9.63. The Morgan fingerprint density at radius 3 is 2.39 bits per heavy atom. The van der Waals surface area contributed by atoms with Crippen molar-refractivity contribution in [3.63, 3.8) is 0 Å². The van der Waals surface area contributed by atoms with E-state index >= 15 is 0 Å². The fourth-order valence-corrected chi connectivity index (χ4v) is 2.82. The summed E-state index contributed by atoms with van der Waals surface area (Å²) >= 11 is 12.1. The zero-order valence-corrected chi connectivity index (χ0v) is 13.8. The van der Waals surface area contributed by atoms with E-state index in [0.29, 0.717) is 28.6 Å². The minimum atomic E-state index is -0.504. The van der Waals surface area contributed by atoms with E-state index < -0.39 is 4.92 Å². The second-order valence-electron chi connectivity index (χ2n) is 4.91. The van der Waals surface area contributed by atoms with Crippen molar-refractivity contribution in [1.82, 2.24) is 5.32 Å². The number of nitrogens with zero attached hydrogens (tertiary/aromatic N) is 1. The molecule has 5 nitrogen and oxygen atoms in total. The molecule has 0 saturated carbocycles. The maximum Gasteiger partial charge on any atom is 0.273 e. The molecule has 2 aromatic rings. The molecule has 0 saturated heterocycles. The van der Waals surface area contributed by atoms with Crippen LogP contribution in [0.2, 0.25) is 10.0 Å². The maximum absolute atomic E-state index is 12.2. The first-order chi connectivity index (χ1) is 10.9. The van der Waals surface area contributed by atoms with Crippen molar-refractivity contribution < 1.29 is 9.72 Å². The molecule has 0 spiro atoms. The molecule has 7 heteroatoms. The van der Waals surface area contributed by atoms with Gasteiger partial charge in [0.15, 0.2) is 0 Å². The number of carbonyl (C=O) groups excluding carboxylic acids is 1. The molecular formula is C16H14Cl2N2O3. The molecule has 2 rings (SSSR count). The third kappa shape index (κ3) is 4.00. The zero-order valence-electron chi connectivity index (χ0n) is 12.3. The number of benzene rings is 2. The largest absolute Gasteiger partial charge is 0.352 e. The van der Waals surface area contributed by atoms with Gasteiger partial charge in [0, 0.05) is 33.8 Å².